The Morgan fingerprint density at radius 2 is 1.82 bits per heavy atom. The molecule has 1 aromatic rings. The number of hydrogen-bond acceptors (Lipinski definition) is 6. The van der Waals surface area contributed by atoms with Crippen molar-refractivity contribution in [2.75, 3.05) is 11.9 Å². The standard InChI is InChI=1S/C30H41N3O5S/c1-20-6-8-21(9-7-20)28(35)33(25-18-24(14-16-30(2,3)4)39-27(25)29(36)37)22-10-12-23(13-11-22)38-26(32-19-34)15-17-31-5/h15,17-23,31H,6-13H2,1-5H3,(H,36,37)/b17-15-,32-26+/t20-,21-,22-,23-. The van der Waals surface area contributed by atoms with Crippen LogP contribution in [0.5, 0.6) is 0 Å². The third kappa shape index (κ3) is 8.69. The van der Waals surface area contributed by atoms with Crippen molar-refractivity contribution in [3.8, 4) is 11.8 Å². The maximum Gasteiger partial charge on any atom is 0.348 e. The molecule has 2 aliphatic carbocycles. The Bertz CT molecular complexity index is 1140. The normalized spacial score (nSPS) is 24.0. The topological polar surface area (TPSA) is 108 Å². The molecule has 0 aromatic carbocycles. The number of aromatic carboxylic acids is 1. The van der Waals surface area contributed by atoms with Gasteiger partial charge in [0.1, 0.15) is 11.0 Å². The molecule has 9 heteroatoms. The van der Waals surface area contributed by atoms with E-state index in [4.69, 9.17) is 4.74 Å². The molecule has 3 rings (SSSR count). The van der Waals surface area contributed by atoms with Crippen molar-refractivity contribution in [2.24, 2.45) is 22.2 Å². The lowest BCUT2D eigenvalue weighted by Gasteiger charge is -2.39. The summed E-state index contributed by atoms with van der Waals surface area (Å²) in [5.41, 5.74) is 0.230. The first kappa shape index (κ1) is 30.4. The lowest BCUT2D eigenvalue weighted by atomic mass is 9.81. The van der Waals surface area contributed by atoms with Gasteiger partial charge in [0.25, 0.3) is 0 Å². The number of nitrogens with one attached hydrogen (secondary N) is 1. The summed E-state index contributed by atoms with van der Waals surface area (Å²) in [6, 6.07) is 1.64. The van der Waals surface area contributed by atoms with Crippen LogP contribution in [0.4, 0.5) is 5.69 Å². The van der Waals surface area contributed by atoms with Gasteiger partial charge in [0, 0.05) is 36.7 Å². The molecule has 0 spiro atoms. The van der Waals surface area contributed by atoms with Gasteiger partial charge in [-0.05, 0) is 84.1 Å². The van der Waals surface area contributed by atoms with Crippen molar-refractivity contribution in [3.63, 3.8) is 0 Å². The Kier molecular flexibility index (Phi) is 10.8. The van der Waals surface area contributed by atoms with Crippen LogP contribution in [-0.2, 0) is 14.3 Å². The predicted molar refractivity (Wildman–Crippen MR) is 155 cm³/mol. The molecule has 212 valence electrons. The first-order chi connectivity index (χ1) is 18.5. The second-order valence-electron chi connectivity index (χ2n) is 11.5. The summed E-state index contributed by atoms with van der Waals surface area (Å²) in [6.07, 6.45) is 9.82. The average Bonchev–Trinajstić information content (AvgIpc) is 3.31. The summed E-state index contributed by atoms with van der Waals surface area (Å²) in [5, 5.41) is 13.0. The highest BCUT2D eigenvalue weighted by Crippen LogP contribution is 2.39. The van der Waals surface area contributed by atoms with E-state index in [1.54, 1.807) is 30.3 Å². The number of anilines is 1. The van der Waals surface area contributed by atoms with Crippen LogP contribution < -0.4 is 10.2 Å². The highest BCUT2D eigenvalue weighted by molar-refractivity contribution is 7.15. The number of ether oxygens (including phenoxy) is 1. The zero-order valence-electron chi connectivity index (χ0n) is 23.7. The molecule has 0 bridgehead atoms. The Balaban J connectivity index is 1.90. The van der Waals surface area contributed by atoms with E-state index in [0.29, 0.717) is 48.6 Å². The maximum atomic E-state index is 14.1. The van der Waals surface area contributed by atoms with Gasteiger partial charge in [-0.3, -0.25) is 9.59 Å². The van der Waals surface area contributed by atoms with Gasteiger partial charge in [-0.25, -0.2) is 4.79 Å². The number of hydrogen-bond donors (Lipinski definition) is 2. The Hall–Kier alpha value is -3.12. The van der Waals surface area contributed by atoms with Crippen molar-refractivity contribution >= 4 is 41.2 Å². The molecule has 1 aromatic heterocycles. The first-order valence-corrected chi connectivity index (χ1v) is 14.6. The molecule has 2 N–H and O–H groups in total. The van der Waals surface area contributed by atoms with Crippen molar-refractivity contribution in [1.29, 1.82) is 0 Å². The van der Waals surface area contributed by atoms with Crippen LogP contribution in [0.1, 0.15) is 93.6 Å². The Morgan fingerprint density at radius 3 is 2.38 bits per heavy atom. The zero-order chi connectivity index (χ0) is 28.6. The number of carbonyl (C=O) groups is 3. The number of amides is 2. The predicted octanol–water partition coefficient (Wildman–Crippen LogP) is 5.62. The van der Waals surface area contributed by atoms with Gasteiger partial charge in [-0.2, -0.15) is 4.99 Å². The minimum atomic E-state index is -1.04. The molecule has 1 heterocycles. The molecule has 2 aliphatic rings. The number of carboxylic acid groups (broad SMARTS) is 1. The van der Waals surface area contributed by atoms with E-state index in [2.05, 4.69) is 29.1 Å². The van der Waals surface area contributed by atoms with Gasteiger partial charge in [0.05, 0.1) is 10.6 Å². The SMILES string of the molecule is CN/C=C\C(=N/C=O)O[C@H]1CC[C@H](N(c2cc(C#CC(C)(C)C)sc2C(=O)O)C(=O)[C@H]2CC[C@H](C)CC2)CC1. The van der Waals surface area contributed by atoms with E-state index in [1.165, 1.54) is 0 Å². The minimum Gasteiger partial charge on any atom is -0.477 e. The van der Waals surface area contributed by atoms with E-state index in [9.17, 15) is 19.5 Å². The molecular weight excluding hydrogens is 514 g/mol. The molecule has 8 nitrogen and oxygen atoms in total. The third-order valence-corrected chi connectivity index (χ3v) is 8.23. The maximum absolute atomic E-state index is 14.1. The molecule has 0 radical (unpaired) electrons. The minimum absolute atomic E-state index is 0.0158. The van der Waals surface area contributed by atoms with Crippen LogP contribution >= 0.6 is 11.3 Å². The number of aliphatic imine (C=N–C) groups is 1. The lowest BCUT2D eigenvalue weighted by molar-refractivity contribution is -0.124. The van der Waals surface area contributed by atoms with Gasteiger partial charge in [-0.15, -0.1) is 11.3 Å². The average molecular weight is 556 g/mol. The summed E-state index contributed by atoms with van der Waals surface area (Å²) in [7, 11) is 1.74. The molecule has 0 saturated heterocycles. The number of rotatable bonds is 8. The van der Waals surface area contributed by atoms with Crippen LogP contribution in [0.25, 0.3) is 0 Å². The van der Waals surface area contributed by atoms with Crippen LogP contribution in [-0.4, -0.2) is 48.5 Å². The van der Waals surface area contributed by atoms with Gasteiger partial charge in [0.2, 0.25) is 18.2 Å². The monoisotopic (exact) mass is 555 g/mol. The van der Waals surface area contributed by atoms with Crippen LogP contribution in [0.15, 0.2) is 23.3 Å². The molecule has 0 aliphatic heterocycles. The van der Waals surface area contributed by atoms with Gasteiger partial charge >= 0.3 is 5.97 Å². The summed E-state index contributed by atoms with van der Waals surface area (Å²) in [5.74, 6) is 6.01. The fourth-order valence-corrected chi connectivity index (χ4v) is 5.98. The number of carbonyl (C=O) groups excluding carboxylic acids is 2. The summed E-state index contributed by atoms with van der Waals surface area (Å²) in [4.78, 5) is 43.7. The van der Waals surface area contributed by atoms with Crippen molar-refractivity contribution in [2.45, 2.75) is 91.2 Å². The largest absolute Gasteiger partial charge is 0.477 e. The molecule has 39 heavy (non-hydrogen) atoms. The fourth-order valence-electron chi connectivity index (χ4n) is 5.13. The quantitative estimate of drug-likeness (QED) is 0.187. The smallest absolute Gasteiger partial charge is 0.348 e. The fraction of sp³-hybridized carbons (Fsp3) is 0.600. The molecule has 2 saturated carbocycles. The highest BCUT2D eigenvalue weighted by atomic mass is 32.1. The molecule has 2 fully saturated rings. The number of thiophene rings is 1. The van der Waals surface area contributed by atoms with Gasteiger partial charge in [0.15, 0.2) is 0 Å². The molecular formula is C30H41N3O5S. The van der Waals surface area contributed by atoms with E-state index in [1.807, 2.05) is 20.8 Å². The van der Waals surface area contributed by atoms with Crippen LogP contribution in [0.3, 0.4) is 0 Å². The van der Waals surface area contributed by atoms with Gasteiger partial charge < -0.3 is 20.1 Å². The lowest BCUT2D eigenvalue weighted by Crippen LogP contribution is -2.47. The first-order valence-electron chi connectivity index (χ1n) is 13.8. The van der Waals surface area contributed by atoms with Crippen molar-refractivity contribution in [3.05, 3.63) is 28.1 Å². The Morgan fingerprint density at radius 1 is 1.15 bits per heavy atom. The summed E-state index contributed by atoms with van der Waals surface area (Å²) >= 11 is 1.13. The summed E-state index contributed by atoms with van der Waals surface area (Å²) < 4.78 is 5.96. The van der Waals surface area contributed by atoms with E-state index < -0.39 is 5.97 Å². The van der Waals surface area contributed by atoms with Crippen LogP contribution in [0.2, 0.25) is 0 Å². The van der Waals surface area contributed by atoms with Crippen molar-refractivity contribution in [1.82, 2.24) is 5.32 Å². The van der Waals surface area contributed by atoms with E-state index >= 15 is 0 Å². The van der Waals surface area contributed by atoms with E-state index in [0.717, 1.165) is 37.0 Å². The zero-order valence-corrected chi connectivity index (χ0v) is 24.5. The summed E-state index contributed by atoms with van der Waals surface area (Å²) in [6.45, 7) is 8.24. The van der Waals surface area contributed by atoms with E-state index in [-0.39, 0.29) is 40.2 Å². The molecule has 0 unspecified atom stereocenters. The van der Waals surface area contributed by atoms with Crippen molar-refractivity contribution < 1.29 is 24.2 Å². The third-order valence-electron chi connectivity index (χ3n) is 7.20. The second kappa shape index (κ2) is 13.8. The second-order valence-corrected chi connectivity index (χ2v) is 12.6. The molecule has 2 amide bonds. The molecule has 0 atom stereocenters. The number of nitrogens with zero attached hydrogens (tertiary/aromatic N) is 2. The Labute approximate surface area is 235 Å². The van der Waals surface area contributed by atoms with Gasteiger partial charge in [-0.1, -0.05) is 18.8 Å². The number of carboxylic acids is 1. The highest BCUT2D eigenvalue weighted by Gasteiger charge is 2.38. The van der Waals surface area contributed by atoms with Crippen LogP contribution in [0, 0.1) is 29.1 Å².